The predicted octanol–water partition coefficient (Wildman–Crippen LogP) is 8.52. The third-order valence-electron chi connectivity index (χ3n) is 7.83. The van der Waals surface area contributed by atoms with Crippen LogP contribution in [0.4, 0.5) is 0 Å². The van der Waals surface area contributed by atoms with Gasteiger partial charge in [0.1, 0.15) is 0 Å². The molecule has 2 heteroatoms. The molecule has 34 heavy (non-hydrogen) atoms. The Morgan fingerprint density at radius 3 is 1.18 bits per heavy atom. The molecule has 3 aliphatic carbocycles. The van der Waals surface area contributed by atoms with Crippen LogP contribution in [0, 0.1) is 0 Å². The monoisotopic (exact) mass is 486 g/mol. The maximum absolute atomic E-state index is 2.49. The maximum atomic E-state index is 2.49. The van der Waals surface area contributed by atoms with Crippen molar-refractivity contribution in [3.05, 3.63) is 94.0 Å². The standard InChI is InChI=1S/C32H40P2/c1-19(2)33(20(3)4)27-17-11-15-25-29-23-13-9-10-14-24(23)32(30(25)27)31-26(29)16-12-18-28(31)34(21(5)6)22(7)8/h9-22,29,32H,1-8H3. The highest BCUT2D eigenvalue weighted by Crippen LogP contribution is 2.60. The van der Waals surface area contributed by atoms with Crippen LogP contribution in [0.5, 0.6) is 0 Å². The van der Waals surface area contributed by atoms with Crippen LogP contribution in [0.25, 0.3) is 0 Å². The Morgan fingerprint density at radius 1 is 0.441 bits per heavy atom. The van der Waals surface area contributed by atoms with Gasteiger partial charge < -0.3 is 0 Å². The largest absolute Gasteiger partial charge is 0.0697 e. The van der Waals surface area contributed by atoms with Crippen LogP contribution in [0.3, 0.4) is 0 Å². The number of benzene rings is 3. The third kappa shape index (κ3) is 3.64. The summed E-state index contributed by atoms with van der Waals surface area (Å²) < 4.78 is 0. The summed E-state index contributed by atoms with van der Waals surface area (Å²) in [6.07, 6.45) is 0. The van der Waals surface area contributed by atoms with Crippen molar-refractivity contribution in [2.75, 3.05) is 0 Å². The van der Waals surface area contributed by atoms with Gasteiger partial charge in [-0.1, -0.05) is 132 Å². The zero-order valence-electron chi connectivity index (χ0n) is 22.1. The highest BCUT2D eigenvalue weighted by Gasteiger charge is 2.45. The van der Waals surface area contributed by atoms with Crippen molar-refractivity contribution in [1.29, 1.82) is 0 Å². The summed E-state index contributed by atoms with van der Waals surface area (Å²) in [6.45, 7) is 19.5. The normalized spacial score (nSPS) is 18.4. The molecule has 0 aromatic heterocycles. The molecule has 0 saturated carbocycles. The van der Waals surface area contributed by atoms with Crippen molar-refractivity contribution >= 4 is 26.5 Å². The molecular weight excluding hydrogens is 446 g/mol. The van der Waals surface area contributed by atoms with E-state index in [2.05, 4.69) is 116 Å². The van der Waals surface area contributed by atoms with E-state index in [1.807, 2.05) is 0 Å². The van der Waals surface area contributed by atoms with Gasteiger partial charge in [-0.3, -0.25) is 0 Å². The Balaban J connectivity index is 1.84. The molecule has 3 aromatic carbocycles. The van der Waals surface area contributed by atoms with E-state index >= 15 is 0 Å². The molecule has 0 radical (unpaired) electrons. The fourth-order valence-corrected chi connectivity index (χ4v) is 13.2. The van der Waals surface area contributed by atoms with Gasteiger partial charge in [-0.2, -0.15) is 0 Å². The lowest BCUT2D eigenvalue weighted by Crippen LogP contribution is -2.37. The Bertz CT molecular complexity index is 1120. The molecule has 0 saturated heterocycles. The summed E-state index contributed by atoms with van der Waals surface area (Å²) in [5.74, 6) is 0.752. The molecule has 178 valence electrons. The van der Waals surface area contributed by atoms with E-state index in [0.29, 0.717) is 34.5 Å². The van der Waals surface area contributed by atoms with Gasteiger partial charge in [-0.15, -0.1) is 0 Å². The zero-order valence-corrected chi connectivity index (χ0v) is 23.9. The van der Waals surface area contributed by atoms with Gasteiger partial charge in [0.25, 0.3) is 0 Å². The van der Waals surface area contributed by atoms with Crippen LogP contribution in [-0.2, 0) is 0 Å². The summed E-state index contributed by atoms with van der Waals surface area (Å²) in [7, 11) is -0.447. The van der Waals surface area contributed by atoms with Crippen molar-refractivity contribution in [2.24, 2.45) is 0 Å². The third-order valence-corrected chi connectivity index (χ3v) is 14.2. The number of rotatable bonds is 6. The molecule has 0 unspecified atom stereocenters. The molecule has 0 N–H and O–H groups in total. The van der Waals surface area contributed by atoms with Crippen LogP contribution in [0.15, 0.2) is 60.7 Å². The lowest BCUT2D eigenvalue weighted by Gasteiger charge is -2.46. The fourth-order valence-electron chi connectivity index (χ4n) is 7.02. The van der Waals surface area contributed by atoms with Gasteiger partial charge in [0.2, 0.25) is 0 Å². The average molecular weight is 487 g/mol. The lowest BCUT2D eigenvalue weighted by atomic mass is 9.61. The van der Waals surface area contributed by atoms with Crippen LogP contribution in [0.2, 0.25) is 0 Å². The van der Waals surface area contributed by atoms with Crippen molar-refractivity contribution in [3.63, 3.8) is 0 Å². The molecule has 0 fully saturated rings. The summed E-state index contributed by atoms with van der Waals surface area (Å²) >= 11 is 0. The highest BCUT2D eigenvalue weighted by molar-refractivity contribution is 7.67. The van der Waals surface area contributed by atoms with Gasteiger partial charge in [-0.25, -0.2) is 0 Å². The molecule has 0 spiro atoms. The first kappa shape index (κ1) is 24.2. The number of hydrogen-bond donors (Lipinski definition) is 0. The topological polar surface area (TPSA) is 0 Å². The molecular formula is C32H40P2. The maximum Gasteiger partial charge on any atom is 0.0361 e. The van der Waals surface area contributed by atoms with Gasteiger partial charge >= 0.3 is 0 Å². The van der Waals surface area contributed by atoms with E-state index in [1.165, 1.54) is 0 Å². The minimum Gasteiger partial charge on any atom is -0.0697 e. The summed E-state index contributed by atoms with van der Waals surface area (Å²) in [5.41, 5.74) is 12.4. The second-order valence-corrected chi connectivity index (χ2v) is 18.0. The SMILES string of the molecule is CC(C)P(c1cccc2c1C1c3ccccc3C2c2cccc(P(C(C)C)C(C)C)c21)C(C)C. The molecule has 0 aliphatic heterocycles. The first-order valence-corrected chi connectivity index (χ1v) is 16.1. The van der Waals surface area contributed by atoms with Gasteiger partial charge in [0.05, 0.1) is 0 Å². The Hall–Kier alpha value is -1.48. The van der Waals surface area contributed by atoms with Crippen LogP contribution in [-0.4, -0.2) is 22.6 Å². The lowest BCUT2D eigenvalue weighted by molar-refractivity contribution is 0.762. The average Bonchev–Trinajstić information content (AvgIpc) is 2.78. The Kier molecular flexibility index (Phi) is 6.55. The molecule has 2 bridgehead atoms. The molecule has 3 aliphatic rings. The van der Waals surface area contributed by atoms with Gasteiger partial charge in [0.15, 0.2) is 0 Å². The van der Waals surface area contributed by atoms with E-state index < -0.39 is 0 Å². The summed E-state index contributed by atoms with van der Waals surface area (Å²) in [5, 5.41) is 3.33. The zero-order chi connectivity index (χ0) is 24.3. The molecule has 0 heterocycles. The molecule has 0 amide bonds. The summed E-state index contributed by atoms with van der Waals surface area (Å²) in [4.78, 5) is 0. The van der Waals surface area contributed by atoms with Crippen molar-refractivity contribution in [2.45, 2.75) is 89.9 Å². The molecule has 6 rings (SSSR count). The van der Waals surface area contributed by atoms with E-state index in [-0.39, 0.29) is 15.8 Å². The van der Waals surface area contributed by atoms with Crippen LogP contribution in [0.1, 0.15) is 101 Å². The Labute approximate surface area is 210 Å². The van der Waals surface area contributed by atoms with E-state index in [1.54, 1.807) is 44.0 Å². The first-order chi connectivity index (χ1) is 16.2. The van der Waals surface area contributed by atoms with Crippen molar-refractivity contribution in [3.8, 4) is 0 Å². The first-order valence-electron chi connectivity index (χ1n) is 13.1. The second kappa shape index (κ2) is 9.19. The minimum atomic E-state index is -0.223. The smallest absolute Gasteiger partial charge is 0.0361 e. The van der Waals surface area contributed by atoms with Crippen LogP contribution >= 0.6 is 15.8 Å². The quantitative estimate of drug-likeness (QED) is 0.211. The number of hydrogen-bond acceptors (Lipinski definition) is 0. The van der Waals surface area contributed by atoms with Crippen LogP contribution < -0.4 is 10.6 Å². The molecule has 0 atom stereocenters. The fraction of sp³-hybridized carbons (Fsp3) is 0.438. The van der Waals surface area contributed by atoms with Gasteiger partial charge in [0, 0.05) is 11.8 Å². The highest BCUT2D eigenvalue weighted by atomic mass is 31.1. The second-order valence-electron chi connectivity index (χ2n) is 11.2. The molecule has 0 nitrogen and oxygen atoms in total. The predicted molar refractivity (Wildman–Crippen MR) is 155 cm³/mol. The van der Waals surface area contributed by atoms with Crippen molar-refractivity contribution < 1.29 is 0 Å². The van der Waals surface area contributed by atoms with E-state index in [9.17, 15) is 0 Å². The van der Waals surface area contributed by atoms with Gasteiger partial charge in [-0.05, 0) is 66.6 Å². The van der Waals surface area contributed by atoms with E-state index in [4.69, 9.17) is 0 Å². The minimum absolute atomic E-state index is 0.223. The Morgan fingerprint density at radius 2 is 0.794 bits per heavy atom. The van der Waals surface area contributed by atoms with E-state index in [0.717, 1.165) is 0 Å². The molecule has 3 aromatic rings. The van der Waals surface area contributed by atoms with Crippen molar-refractivity contribution in [1.82, 2.24) is 0 Å². The summed E-state index contributed by atoms with van der Waals surface area (Å²) in [6, 6.07) is 23.9.